The van der Waals surface area contributed by atoms with E-state index >= 15 is 0 Å². The molecule has 0 fully saturated rings. The summed E-state index contributed by atoms with van der Waals surface area (Å²) in [6.07, 6.45) is 1.95. The second kappa shape index (κ2) is 9.84. The predicted molar refractivity (Wildman–Crippen MR) is 92.5 cm³/mol. The van der Waals surface area contributed by atoms with Crippen LogP contribution in [-0.4, -0.2) is 29.7 Å². The maximum absolute atomic E-state index is 12.0. The molecule has 0 saturated heterocycles. The number of benzene rings is 1. The van der Waals surface area contributed by atoms with E-state index in [9.17, 15) is 14.7 Å². The van der Waals surface area contributed by atoms with Gasteiger partial charge in [-0.15, -0.1) is 0 Å². The summed E-state index contributed by atoms with van der Waals surface area (Å²) in [7, 11) is 0. The van der Waals surface area contributed by atoms with Crippen molar-refractivity contribution in [1.29, 1.82) is 0 Å². The number of hydrogen-bond acceptors (Lipinski definition) is 3. The molecule has 0 aliphatic carbocycles. The second-order valence-electron chi connectivity index (χ2n) is 5.99. The van der Waals surface area contributed by atoms with E-state index in [4.69, 9.17) is 0 Å². The summed E-state index contributed by atoms with van der Waals surface area (Å²) in [4.78, 5) is 23.6. The Balaban J connectivity index is 2.59. The smallest absolute Gasteiger partial charge is 0.319 e. The third-order valence-corrected chi connectivity index (χ3v) is 3.19. The number of nitrogens with one attached hydrogen (secondary N) is 3. The maximum atomic E-state index is 12.0. The van der Waals surface area contributed by atoms with Crippen LogP contribution in [-0.2, 0) is 4.79 Å². The van der Waals surface area contributed by atoms with Crippen molar-refractivity contribution in [2.24, 2.45) is 5.92 Å². The van der Waals surface area contributed by atoms with Crippen LogP contribution in [0, 0.1) is 5.92 Å². The zero-order chi connectivity index (χ0) is 17.2. The molecule has 0 heterocycles. The van der Waals surface area contributed by atoms with Crippen LogP contribution in [0.25, 0.3) is 0 Å². The Hall–Kier alpha value is -2.08. The van der Waals surface area contributed by atoms with Crippen molar-refractivity contribution in [3.05, 3.63) is 24.3 Å². The lowest BCUT2D eigenvalue weighted by molar-refractivity contribution is -0.116. The molecule has 6 heteroatoms. The first kappa shape index (κ1) is 19.0. The second-order valence-corrected chi connectivity index (χ2v) is 5.99. The summed E-state index contributed by atoms with van der Waals surface area (Å²) < 4.78 is 0. The number of carbonyl (C=O) groups is 2. The Morgan fingerprint density at radius 2 is 1.83 bits per heavy atom. The average molecular weight is 321 g/mol. The number of hydrogen-bond donors (Lipinski definition) is 4. The van der Waals surface area contributed by atoms with Crippen LogP contribution in [0.4, 0.5) is 16.2 Å². The number of urea groups is 1. The first-order valence-corrected chi connectivity index (χ1v) is 8.02. The molecular formula is C17H27N3O3. The van der Waals surface area contributed by atoms with Gasteiger partial charge in [0.25, 0.3) is 0 Å². The topological polar surface area (TPSA) is 90.5 Å². The Morgan fingerprint density at radius 1 is 1.17 bits per heavy atom. The highest BCUT2D eigenvalue weighted by atomic mass is 16.3. The highest BCUT2D eigenvalue weighted by Gasteiger charge is 2.13. The van der Waals surface area contributed by atoms with Crippen molar-refractivity contribution in [3.8, 4) is 0 Å². The molecule has 0 spiro atoms. The molecule has 1 unspecified atom stereocenters. The Bertz CT molecular complexity index is 518. The summed E-state index contributed by atoms with van der Waals surface area (Å²) in [5.41, 5.74) is 1.22. The number of aliphatic hydroxyl groups is 1. The molecule has 0 aromatic heterocycles. The minimum absolute atomic E-state index is 0.0496. The number of carbonyl (C=O) groups excluding carboxylic acids is 2. The molecule has 0 radical (unpaired) electrons. The van der Waals surface area contributed by atoms with E-state index in [1.165, 1.54) is 0 Å². The molecule has 0 aliphatic heterocycles. The fourth-order valence-electron chi connectivity index (χ4n) is 2.23. The highest BCUT2D eigenvalue weighted by Crippen LogP contribution is 2.15. The van der Waals surface area contributed by atoms with E-state index in [1.54, 1.807) is 24.3 Å². The number of anilines is 2. The molecule has 1 rings (SSSR count). The van der Waals surface area contributed by atoms with Crippen LogP contribution in [0.15, 0.2) is 24.3 Å². The molecular weight excluding hydrogens is 294 g/mol. The Morgan fingerprint density at radius 3 is 2.39 bits per heavy atom. The Labute approximate surface area is 137 Å². The van der Waals surface area contributed by atoms with Crippen LogP contribution >= 0.6 is 0 Å². The van der Waals surface area contributed by atoms with Gasteiger partial charge < -0.3 is 21.1 Å². The third kappa shape index (κ3) is 7.65. The van der Waals surface area contributed by atoms with E-state index < -0.39 is 0 Å². The van der Waals surface area contributed by atoms with Crippen molar-refractivity contribution in [2.45, 2.75) is 46.1 Å². The molecule has 4 N–H and O–H groups in total. The van der Waals surface area contributed by atoms with E-state index in [-0.39, 0.29) is 24.6 Å². The molecule has 23 heavy (non-hydrogen) atoms. The van der Waals surface area contributed by atoms with Crippen molar-refractivity contribution < 1.29 is 14.7 Å². The standard InChI is InChI=1S/C17H27N3O3/c1-4-6-16(22)18-13-7-5-8-14(10-13)19-17(23)20-15(11-21)9-12(2)3/h5,7-8,10,12,15,21H,4,6,9,11H2,1-3H3,(H,18,22)(H2,19,20,23). The lowest BCUT2D eigenvalue weighted by Crippen LogP contribution is -2.40. The minimum Gasteiger partial charge on any atom is -0.394 e. The highest BCUT2D eigenvalue weighted by molar-refractivity contribution is 5.93. The van der Waals surface area contributed by atoms with Gasteiger partial charge in [-0.25, -0.2) is 4.79 Å². The van der Waals surface area contributed by atoms with Gasteiger partial charge in [-0.3, -0.25) is 4.79 Å². The van der Waals surface area contributed by atoms with Crippen molar-refractivity contribution >= 4 is 23.3 Å². The van der Waals surface area contributed by atoms with Crippen molar-refractivity contribution in [3.63, 3.8) is 0 Å². The summed E-state index contributed by atoms with van der Waals surface area (Å²) in [5.74, 6) is 0.330. The first-order valence-electron chi connectivity index (χ1n) is 8.02. The van der Waals surface area contributed by atoms with Gasteiger partial charge in [0.05, 0.1) is 12.6 Å². The van der Waals surface area contributed by atoms with Crippen LogP contribution in [0.1, 0.15) is 40.0 Å². The van der Waals surface area contributed by atoms with Gasteiger partial charge in [-0.05, 0) is 37.0 Å². The molecule has 0 bridgehead atoms. The summed E-state index contributed by atoms with van der Waals surface area (Å²) in [6, 6.07) is 6.32. The average Bonchev–Trinajstić information content (AvgIpc) is 2.46. The van der Waals surface area contributed by atoms with E-state index in [0.717, 1.165) is 6.42 Å². The largest absolute Gasteiger partial charge is 0.394 e. The van der Waals surface area contributed by atoms with E-state index in [1.807, 2.05) is 20.8 Å². The molecule has 3 amide bonds. The molecule has 6 nitrogen and oxygen atoms in total. The SMILES string of the molecule is CCCC(=O)Nc1cccc(NC(=O)NC(CO)CC(C)C)c1. The quantitative estimate of drug-likeness (QED) is 0.593. The fourth-order valence-corrected chi connectivity index (χ4v) is 2.23. The number of amides is 3. The molecule has 0 saturated carbocycles. The van der Waals surface area contributed by atoms with Crippen LogP contribution < -0.4 is 16.0 Å². The molecule has 1 aromatic carbocycles. The summed E-state index contributed by atoms with van der Waals surface area (Å²) in [5, 5.41) is 17.5. The van der Waals surface area contributed by atoms with Gasteiger partial charge >= 0.3 is 6.03 Å². The molecule has 0 aliphatic rings. The number of rotatable bonds is 8. The van der Waals surface area contributed by atoms with Crippen molar-refractivity contribution in [1.82, 2.24) is 5.32 Å². The third-order valence-electron chi connectivity index (χ3n) is 3.19. The zero-order valence-corrected chi connectivity index (χ0v) is 14.1. The molecule has 128 valence electrons. The van der Waals surface area contributed by atoms with E-state index in [2.05, 4.69) is 16.0 Å². The van der Waals surface area contributed by atoms with Gasteiger partial charge in [0.2, 0.25) is 5.91 Å². The van der Waals surface area contributed by atoms with Crippen LogP contribution in [0.2, 0.25) is 0 Å². The summed E-state index contributed by atoms with van der Waals surface area (Å²) >= 11 is 0. The summed E-state index contributed by atoms with van der Waals surface area (Å²) in [6.45, 7) is 5.91. The number of aliphatic hydroxyl groups excluding tert-OH is 1. The normalized spacial score (nSPS) is 11.9. The van der Waals surface area contributed by atoms with Crippen LogP contribution in [0.3, 0.4) is 0 Å². The van der Waals surface area contributed by atoms with Gasteiger partial charge in [0.1, 0.15) is 0 Å². The predicted octanol–water partition coefficient (Wildman–Crippen LogP) is 2.95. The van der Waals surface area contributed by atoms with Gasteiger partial charge in [0.15, 0.2) is 0 Å². The van der Waals surface area contributed by atoms with Gasteiger partial charge in [-0.1, -0.05) is 26.8 Å². The molecule has 1 aromatic rings. The lowest BCUT2D eigenvalue weighted by atomic mass is 10.0. The van der Waals surface area contributed by atoms with Crippen LogP contribution in [0.5, 0.6) is 0 Å². The monoisotopic (exact) mass is 321 g/mol. The van der Waals surface area contributed by atoms with Gasteiger partial charge in [-0.2, -0.15) is 0 Å². The van der Waals surface area contributed by atoms with Crippen molar-refractivity contribution in [2.75, 3.05) is 17.2 Å². The fraction of sp³-hybridized carbons (Fsp3) is 0.529. The van der Waals surface area contributed by atoms with E-state index in [0.29, 0.717) is 30.1 Å². The Kier molecular flexibility index (Phi) is 8.11. The lowest BCUT2D eigenvalue weighted by Gasteiger charge is -2.18. The first-order chi connectivity index (χ1) is 10.9. The zero-order valence-electron chi connectivity index (χ0n) is 14.1. The van der Waals surface area contributed by atoms with Gasteiger partial charge in [0, 0.05) is 17.8 Å². The molecule has 1 atom stereocenters. The minimum atomic E-state index is -0.373. The maximum Gasteiger partial charge on any atom is 0.319 e.